The molecule has 0 aromatic heterocycles. The predicted molar refractivity (Wildman–Crippen MR) is 127 cm³/mol. The monoisotopic (exact) mass is 494 g/mol. The van der Waals surface area contributed by atoms with Gasteiger partial charge in [-0.05, 0) is 67.6 Å². The van der Waals surface area contributed by atoms with Crippen molar-refractivity contribution in [2.75, 3.05) is 16.8 Å². The molecule has 0 saturated carbocycles. The maximum absolute atomic E-state index is 13.3. The maximum atomic E-state index is 13.3. The van der Waals surface area contributed by atoms with Crippen molar-refractivity contribution in [2.24, 2.45) is 0 Å². The number of rotatable bonds is 7. The van der Waals surface area contributed by atoms with Crippen molar-refractivity contribution in [2.45, 2.75) is 11.8 Å². The van der Waals surface area contributed by atoms with E-state index in [0.717, 1.165) is 15.1 Å². The molecule has 5 nitrogen and oxygen atoms in total. The molecule has 4 rings (SSSR count). The molecular formula is C24H19BrN2O3S. The van der Waals surface area contributed by atoms with Gasteiger partial charge in [-0.1, -0.05) is 45.9 Å². The molecule has 0 fully saturated rings. The van der Waals surface area contributed by atoms with Crippen LogP contribution in [0.1, 0.15) is 6.92 Å². The number of thioether (sulfide) groups is 1. The smallest absolute Gasteiger partial charge is 0.283 e. The zero-order valence-electron chi connectivity index (χ0n) is 16.7. The third-order valence-corrected chi connectivity index (χ3v) is 6.14. The van der Waals surface area contributed by atoms with Crippen LogP contribution in [0.2, 0.25) is 0 Å². The number of carbonyl (C=O) groups is 2. The van der Waals surface area contributed by atoms with Crippen molar-refractivity contribution in [3.63, 3.8) is 0 Å². The number of halogens is 1. The minimum Gasteiger partial charge on any atom is -0.494 e. The Morgan fingerprint density at radius 3 is 2.23 bits per heavy atom. The Morgan fingerprint density at radius 1 is 0.903 bits per heavy atom. The first-order valence-corrected chi connectivity index (χ1v) is 11.3. The third-order valence-electron chi connectivity index (χ3n) is 4.52. The highest BCUT2D eigenvalue weighted by Gasteiger charge is 2.40. The van der Waals surface area contributed by atoms with Gasteiger partial charge >= 0.3 is 0 Å². The number of ether oxygens (including phenoxy) is 1. The van der Waals surface area contributed by atoms with Gasteiger partial charge in [0.05, 0.1) is 12.3 Å². The molecule has 7 heteroatoms. The lowest BCUT2D eigenvalue weighted by Crippen LogP contribution is -2.32. The van der Waals surface area contributed by atoms with Crippen molar-refractivity contribution in [3.8, 4) is 5.75 Å². The molecule has 0 spiro atoms. The Hall–Kier alpha value is -3.03. The van der Waals surface area contributed by atoms with Crippen LogP contribution < -0.4 is 15.0 Å². The summed E-state index contributed by atoms with van der Waals surface area (Å²) in [6.07, 6.45) is 0. The van der Waals surface area contributed by atoms with Crippen LogP contribution in [0.4, 0.5) is 11.4 Å². The van der Waals surface area contributed by atoms with Crippen molar-refractivity contribution in [1.29, 1.82) is 0 Å². The molecule has 0 radical (unpaired) electrons. The molecule has 156 valence electrons. The van der Waals surface area contributed by atoms with Gasteiger partial charge in [0.25, 0.3) is 11.8 Å². The lowest BCUT2D eigenvalue weighted by Gasteiger charge is -2.16. The van der Waals surface area contributed by atoms with Crippen LogP contribution in [0.25, 0.3) is 0 Å². The first kappa shape index (κ1) is 21.2. The van der Waals surface area contributed by atoms with E-state index in [1.54, 1.807) is 24.3 Å². The summed E-state index contributed by atoms with van der Waals surface area (Å²) < 4.78 is 6.39. The number of hydrogen-bond acceptors (Lipinski definition) is 5. The van der Waals surface area contributed by atoms with E-state index in [-0.39, 0.29) is 11.6 Å². The quantitative estimate of drug-likeness (QED) is 0.418. The van der Waals surface area contributed by atoms with Gasteiger partial charge in [0.2, 0.25) is 0 Å². The first-order valence-electron chi connectivity index (χ1n) is 9.68. The molecule has 0 bridgehead atoms. The summed E-state index contributed by atoms with van der Waals surface area (Å²) in [6.45, 7) is 2.44. The van der Waals surface area contributed by atoms with Crippen LogP contribution in [0.5, 0.6) is 5.75 Å². The normalized spacial score (nSPS) is 13.7. The second-order valence-corrected chi connectivity index (χ2v) is 8.62. The molecule has 31 heavy (non-hydrogen) atoms. The molecule has 3 aromatic carbocycles. The number of nitrogens with one attached hydrogen (secondary N) is 1. The molecule has 1 aliphatic heterocycles. The van der Waals surface area contributed by atoms with Gasteiger partial charge in [-0.15, -0.1) is 0 Å². The number of nitrogens with zero attached hydrogens (tertiary/aromatic N) is 1. The number of anilines is 2. The number of benzene rings is 3. The van der Waals surface area contributed by atoms with Crippen molar-refractivity contribution in [1.82, 2.24) is 0 Å². The van der Waals surface area contributed by atoms with Gasteiger partial charge < -0.3 is 10.1 Å². The number of carbonyl (C=O) groups excluding carboxylic acids is 2. The Labute approximate surface area is 193 Å². The van der Waals surface area contributed by atoms with Gasteiger partial charge in [0.1, 0.15) is 16.4 Å². The van der Waals surface area contributed by atoms with Gasteiger partial charge in [0.15, 0.2) is 0 Å². The van der Waals surface area contributed by atoms with Gasteiger partial charge in [-0.3, -0.25) is 9.59 Å². The summed E-state index contributed by atoms with van der Waals surface area (Å²) in [4.78, 5) is 29.1. The summed E-state index contributed by atoms with van der Waals surface area (Å²) in [6, 6.07) is 23.9. The van der Waals surface area contributed by atoms with Crippen LogP contribution in [-0.2, 0) is 9.59 Å². The maximum Gasteiger partial charge on any atom is 0.283 e. The van der Waals surface area contributed by atoms with Gasteiger partial charge in [-0.25, -0.2) is 4.90 Å². The molecule has 2 amide bonds. The van der Waals surface area contributed by atoms with Gasteiger partial charge in [-0.2, -0.15) is 0 Å². The van der Waals surface area contributed by atoms with E-state index in [1.807, 2.05) is 61.5 Å². The molecule has 0 unspecified atom stereocenters. The number of amides is 2. The van der Waals surface area contributed by atoms with E-state index in [1.165, 1.54) is 16.7 Å². The minimum absolute atomic E-state index is 0.259. The third kappa shape index (κ3) is 4.68. The molecule has 1 aliphatic rings. The first-order chi connectivity index (χ1) is 15.1. The molecule has 1 heterocycles. The van der Waals surface area contributed by atoms with Crippen molar-refractivity contribution < 1.29 is 14.3 Å². The molecular weight excluding hydrogens is 476 g/mol. The average Bonchev–Trinajstić information content (AvgIpc) is 3.01. The molecule has 0 aliphatic carbocycles. The summed E-state index contributed by atoms with van der Waals surface area (Å²) >= 11 is 4.68. The van der Waals surface area contributed by atoms with E-state index in [2.05, 4.69) is 21.2 Å². The Kier molecular flexibility index (Phi) is 6.44. The predicted octanol–water partition coefficient (Wildman–Crippen LogP) is 5.84. The van der Waals surface area contributed by atoms with Crippen LogP contribution in [0.3, 0.4) is 0 Å². The molecule has 1 N–H and O–H groups in total. The lowest BCUT2D eigenvalue weighted by atomic mass is 10.2. The largest absolute Gasteiger partial charge is 0.494 e. The van der Waals surface area contributed by atoms with Crippen molar-refractivity contribution >= 4 is 50.9 Å². The fourth-order valence-corrected chi connectivity index (χ4v) is 4.30. The summed E-state index contributed by atoms with van der Waals surface area (Å²) in [5.74, 6) is -0.0662. The Balaban J connectivity index is 1.69. The van der Waals surface area contributed by atoms with E-state index in [9.17, 15) is 9.59 Å². The van der Waals surface area contributed by atoms with Crippen molar-refractivity contribution in [3.05, 3.63) is 93.9 Å². The molecule has 0 atom stereocenters. The summed E-state index contributed by atoms with van der Waals surface area (Å²) in [5, 5.41) is 3.15. The highest BCUT2D eigenvalue weighted by Crippen LogP contribution is 2.38. The van der Waals surface area contributed by atoms with Gasteiger partial charge in [0, 0.05) is 15.1 Å². The molecule has 0 saturated heterocycles. The van der Waals surface area contributed by atoms with E-state index < -0.39 is 5.91 Å². The number of hydrogen-bond donors (Lipinski definition) is 1. The average molecular weight is 495 g/mol. The second-order valence-electron chi connectivity index (χ2n) is 6.62. The Bertz CT molecular complexity index is 1130. The zero-order chi connectivity index (χ0) is 21.8. The van der Waals surface area contributed by atoms with E-state index >= 15 is 0 Å². The minimum atomic E-state index is -0.393. The lowest BCUT2D eigenvalue weighted by molar-refractivity contribution is -0.120. The Morgan fingerprint density at radius 2 is 1.58 bits per heavy atom. The standard InChI is InChI=1S/C24H19BrN2O3S/c1-2-30-19-14-12-18(13-15-19)27-23(28)21(26-17-10-8-16(25)9-11-17)22(24(27)29)31-20-6-4-3-5-7-20/h3-15,26H,2H2,1H3. The number of imide groups is 1. The van der Waals surface area contributed by atoms with Crippen LogP contribution in [-0.4, -0.2) is 18.4 Å². The topological polar surface area (TPSA) is 58.6 Å². The SMILES string of the molecule is CCOc1ccc(N2C(=O)C(Nc3ccc(Br)cc3)=C(Sc3ccccc3)C2=O)cc1. The van der Waals surface area contributed by atoms with Crippen LogP contribution in [0.15, 0.2) is 98.8 Å². The molecule has 3 aromatic rings. The summed E-state index contributed by atoms with van der Waals surface area (Å²) in [7, 11) is 0. The fourth-order valence-electron chi connectivity index (χ4n) is 3.09. The fraction of sp³-hybridized carbons (Fsp3) is 0.0833. The highest BCUT2D eigenvalue weighted by molar-refractivity contribution is 9.10. The summed E-state index contributed by atoms with van der Waals surface area (Å²) in [5.41, 5.74) is 1.48. The van der Waals surface area contributed by atoms with E-state index in [4.69, 9.17) is 4.74 Å². The van der Waals surface area contributed by atoms with Crippen LogP contribution >= 0.6 is 27.7 Å². The van der Waals surface area contributed by atoms with E-state index in [0.29, 0.717) is 22.9 Å². The zero-order valence-corrected chi connectivity index (χ0v) is 19.1. The van der Waals surface area contributed by atoms with Crippen LogP contribution in [0, 0.1) is 0 Å². The highest BCUT2D eigenvalue weighted by atomic mass is 79.9. The second kappa shape index (κ2) is 9.41.